The molecule has 0 saturated heterocycles. The van der Waals surface area contributed by atoms with Gasteiger partial charge < -0.3 is 20.1 Å². The summed E-state index contributed by atoms with van der Waals surface area (Å²) >= 11 is 1.36. The van der Waals surface area contributed by atoms with Crippen LogP contribution in [0.25, 0.3) is 0 Å². The summed E-state index contributed by atoms with van der Waals surface area (Å²) in [6, 6.07) is 10.4. The minimum atomic E-state index is -0.387. The number of esters is 1. The molecule has 1 aromatic heterocycles. The molecule has 0 radical (unpaired) electrons. The van der Waals surface area contributed by atoms with E-state index in [1.165, 1.54) is 11.3 Å². The van der Waals surface area contributed by atoms with Crippen molar-refractivity contribution in [3.8, 4) is 0 Å². The summed E-state index contributed by atoms with van der Waals surface area (Å²) in [5, 5.41) is 7.42. The Kier molecular flexibility index (Phi) is 9.29. The summed E-state index contributed by atoms with van der Waals surface area (Å²) in [6.45, 7) is 2.88. The van der Waals surface area contributed by atoms with E-state index >= 15 is 0 Å². The number of thiophene rings is 1. The average Bonchev–Trinajstić information content (AvgIpc) is 3.23. The first-order valence-electron chi connectivity index (χ1n) is 9.13. The standard InChI is InChI=1S/C20H25N3O5S/c1-3-28-19(25)14-23(10-11-27-2)13-18(24)21-15-6-8-16(9-7-15)22-20(26)17-5-4-12-29-17/h4-9,12H,3,10-11,13-14H2,1-2H3,(H,21,24)(H,22,26). The smallest absolute Gasteiger partial charge is 0.320 e. The topological polar surface area (TPSA) is 97.0 Å². The molecule has 2 N–H and O–H groups in total. The first-order chi connectivity index (χ1) is 14.0. The van der Waals surface area contributed by atoms with Crippen LogP contribution in [-0.2, 0) is 19.1 Å². The highest BCUT2D eigenvalue weighted by Crippen LogP contribution is 2.16. The van der Waals surface area contributed by atoms with Gasteiger partial charge in [0.15, 0.2) is 0 Å². The lowest BCUT2D eigenvalue weighted by molar-refractivity contribution is -0.144. The number of hydrogen-bond acceptors (Lipinski definition) is 7. The second-order valence-electron chi connectivity index (χ2n) is 6.07. The first-order valence-corrected chi connectivity index (χ1v) is 10.0. The molecule has 2 amide bonds. The van der Waals surface area contributed by atoms with Crippen molar-refractivity contribution in [3.05, 3.63) is 46.7 Å². The van der Waals surface area contributed by atoms with Crippen molar-refractivity contribution in [3.63, 3.8) is 0 Å². The molecule has 0 fully saturated rings. The molecule has 0 bridgehead atoms. The zero-order valence-corrected chi connectivity index (χ0v) is 17.3. The van der Waals surface area contributed by atoms with Crippen LogP contribution in [0.15, 0.2) is 41.8 Å². The summed E-state index contributed by atoms with van der Waals surface area (Å²) < 4.78 is 9.96. The van der Waals surface area contributed by atoms with Crippen molar-refractivity contribution in [1.82, 2.24) is 4.90 Å². The molecular formula is C20H25N3O5S. The second kappa shape index (κ2) is 11.9. The van der Waals surface area contributed by atoms with Crippen LogP contribution in [-0.4, -0.2) is 62.6 Å². The van der Waals surface area contributed by atoms with Crippen LogP contribution in [0.2, 0.25) is 0 Å². The first kappa shape index (κ1) is 22.5. The zero-order chi connectivity index (χ0) is 21.1. The van der Waals surface area contributed by atoms with Gasteiger partial charge >= 0.3 is 5.97 Å². The molecule has 9 heteroatoms. The summed E-state index contributed by atoms with van der Waals surface area (Å²) in [4.78, 5) is 38.4. The summed E-state index contributed by atoms with van der Waals surface area (Å²) in [7, 11) is 1.56. The number of carbonyl (C=O) groups is 3. The monoisotopic (exact) mass is 419 g/mol. The highest BCUT2D eigenvalue weighted by atomic mass is 32.1. The maximum absolute atomic E-state index is 12.3. The Labute approximate surface area is 173 Å². The van der Waals surface area contributed by atoms with E-state index in [0.29, 0.717) is 36.0 Å². The maximum atomic E-state index is 12.3. The number of anilines is 2. The number of methoxy groups -OCH3 is 1. The van der Waals surface area contributed by atoms with Crippen LogP contribution in [0.3, 0.4) is 0 Å². The van der Waals surface area contributed by atoms with Crippen molar-refractivity contribution >= 4 is 40.5 Å². The lowest BCUT2D eigenvalue weighted by Crippen LogP contribution is -2.39. The zero-order valence-electron chi connectivity index (χ0n) is 16.5. The van der Waals surface area contributed by atoms with E-state index in [4.69, 9.17) is 9.47 Å². The predicted molar refractivity (Wildman–Crippen MR) is 112 cm³/mol. The normalized spacial score (nSPS) is 10.6. The third-order valence-corrected chi connectivity index (χ3v) is 4.68. The van der Waals surface area contributed by atoms with Crippen LogP contribution in [0.1, 0.15) is 16.6 Å². The number of hydrogen-bond donors (Lipinski definition) is 2. The lowest BCUT2D eigenvalue weighted by atomic mass is 10.2. The van der Waals surface area contributed by atoms with Gasteiger partial charge in [0, 0.05) is 25.0 Å². The van der Waals surface area contributed by atoms with Crippen LogP contribution in [0, 0.1) is 0 Å². The van der Waals surface area contributed by atoms with Gasteiger partial charge in [0.1, 0.15) is 0 Å². The number of carbonyl (C=O) groups excluding carboxylic acids is 3. The average molecular weight is 420 g/mol. The maximum Gasteiger partial charge on any atom is 0.320 e. The number of nitrogens with one attached hydrogen (secondary N) is 2. The molecule has 0 aliphatic carbocycles. The third-order valence-electron chi connectivity index (χ3n) is 3.81. The molecule has 29 heavy (non-hydrogen) atoms. The molecule has 0 unspecified atom stereocenters. The van der Waals surface area contributed by atoms with Gasteiger partial charge in [-0.3, -0.25) is 19.3 Å². The molecule has 8 nitrogen and oxygen atoms in total. The van der Waals surface area contributed by atoms with Gasteiger partial charge in [-0.1, -0.05) is 6.07 Å². The molecule has 2 rings (SSSR count). The summed E-state index contributed by atoms with van der Waals surface area (Å²) in [6.07, 6.45) is 0. The molecule has 1 heterocycles. The fraction of sp³-hybridized carbons (Fsp3) is 0.350. The van der Waals surface area contributed by atoms with Crippen LogP contribution in [0.5, 0.6) is 0 Å². The molecule has 1 aromatic carbocycles. The van der Waals surface area contributed by atoms with E-state index in [2.05, 4.69) is 10.6 Å². The molecule has 0 saturated carbocycles. The van der Waals surface area contributed by atoms with Crippen molar-refractivity contribution in [1.29, 1.82) is 0 Å². The van der Waals surface area contributed by atoms with Gasteiger partial charge in [-0.25, -0.2) is 0 Å². The third kappa shape index (κ3) is 8.02. The molecule has 0 aliphatic rings. The molecule has 0 spiro atoms. The Morgan fingerprint density at radius 1 is 1.03 bits per heavy atom. The Bertz CT molecular complexity index is 793. The Balaban J connectivity index is 1.87. The van der Waals surface area contributed by atoms with Gasteiger partial charge in [0.25, 0.3) is 5.91 Å². The fourth-order valence-corrected chi connectivity index (χ4v) is 3.08. The molecular weight excluding hydrogens is 394 g/mol. The Hall–Kier alpha value is -2.75. The largest absolute Gasteiger partial charge is 0.465 e. The van der Waals surface area contributed by atoms with Gasteiger partial charge in [0.05, 0.1) is 31.2 Å². The van der Waals surface area contributed by atoms with E-state index in [0.717, 1.165) is 0 Å². The van der Waals surface area contributed by atoms with E-state index in [1.807, 2.05) is 11.4 Å². The number of rotatable bonds is 11. The highest BCUT2D eigenvalue weighted by molar-refractivity contribution is 7.12. The van der Waals surface area contributed by atoms with Gasteiger partial charge in [-0.2, -0.15) is 0 Å². The number of amides is 2. The SMILES string of the molecule is CCOC(=O)CN(CCOC)CC(=O)Nc1ccc(NC(=O)c2cccs2)cc1. The van der Waals surface area contributed by atoms with Gasteiger partial charge in [-0.05, 0) is 42.6 Å². The Morgan fingerprint density at radius 3 is 2.31 bits per heavy atom. The Morgan fingerprint density at radius 2 is 1.72 bits per heavy atom. The van der Waals surface area contributed by atoms with Crippen molar-refractivity contribution in [2.75, 3.05) is 50.6 Å². The van der Waals surface area contributed by atoms with E-state index in [1.54, 1.807) is 49.3 Å². The predicted octanol–water partition coefficient (Wildman–Crippen LogP) is 2.45. The van der Waals surface area contributed by atoms with E-state index in [9.17, 15) is 14.4 Å². The summed E-state index contributed by atoms with van der Waals surface area (Å²) in [5.41, 5.74) is 1.22. The van der Waals surface area contributed by atoms with Crippen LogP contribution in [0.4, 0.5) is 11.4 Å². The van der Waals surface area contributed by atoms with Crippen molar-refractivity contribution in [2.45, 2.75) is 6.92 Å². The van der Waals surface area contributed by atoms with Gasteiger partial charge in [0.2, 0.25) is 5.91 Å². The number of ether oxygens (including phenoxy) is 2. The van der Waals surface area contributed by atoms with Crippen molar-refractivity contribution in [2.24, 2.45) is 0 Å². The highest BCUT2D eigenvalue weighted by Gasteiger charge is 2.15. The summed E-state index contributed by atoms with van der Waals surface area (Å²) in [5.74, 6) is -0.826. The molecule has 0 aliphatic heterocycles. The fourth-order valence-electron chi connectivity index (χ4n) is 2.46. The minimum Gasteiger partial charge on any atom is -0.465 e. The van der Waals surface area contributed by atoms with Crippen molar-refractivity contribution < 1.29 is 23.9 Å². The number of benzene rings is 1. The second-order valence-corrected chi connectivity index (χ2v) is 7.01. The quantitative estimate of drug-likeness (QED) is 0.543. The lowest BCUT2D eigenvalue weighted by Gasteiger charge is -2.20. The van der Waals surface area contributed by atoms with E-state index in [-0.39, 0.29) is 30.9 Å². The van der Waals surface area contributed by atoms with E-state index < -0.39 is 0 Å². The molecule has 0 atom stereocenters. The number of nitrogens with zero attached hydrogens (tertiary/aromatic N) is 1. The molecule has 156 valence electrons. The molecule has 2 aromatic rings. The minimum absolute atomic E-state index is 0.0122. The van der Waals surface area contributed by atoms with Crippen LogP contribution < -0.4 is 10.6 Å². The van der Waals surface area contributed by atoms with Crippen LogP contribution >= 0.6 is 11.3 Å². The van der Waals surface area contributed by atoms with Gasteiger partial charge in [-0.15, -0.1) is 11.3 Å².